The van der Waals surface area contributed by atoms with E-state index < -0.39 is 8.07 Å². The molecule has 0 aliphatic heterocycles. The molecule has 1 nitrogen and oxygen atoms in total. The van der Waals surface area contributed by atoms with Crippen LogP contribution in [0.2, 0.25) is 25.2 Å². The fourth-order valence-electron chi connectivity index (χ4n) is 2.65. The summed E-state index contributed by atoms with van der Waals surface area (Å²) in [5.41, 5.74) is 1.38. The van der Waals surface area contributed by atoms with Gasteiger partial charge in [-0.3, -0.25) is 0 Å². The van der Waals surface area contributed by atoms with Crippen molar-refractivity contribution in [1.29, 1.82) is 0 Å². The molecule has 0 spiro atoms. The summed E-state index contributed by atoms with van der Waals surface area (Å²) in [6.45, 7) is 19.7. The van der Waals surface area contributed by atoms with Crippen LogP contribution in [0.4, 0.5) is 0 Å². The second-order valence-electron chi connectivity index (χ2n) is 6.24. The molecule has 17 heavy (non-hydrogen) atoms. The molecule has 2 heteroatoms. The highest BCUT2D eigenvalue weighted by atomic mass is 28.3. The van der Waals surface area contributed by atoms with Crippen molar-refractivity contribution in [3.8, 4) is 0 Å². The predicted molar refractivity (Wildman–Crippen MR) is 83.5 cm³/mol. The molecule has 102 valence electrons. The quantitative estimate of drug-likeness (QED) is 0.401. The monoisotopic (exact) mass is 255 g/mol. The van der Waals surface area contributed by atoms with E-state index in [1.165, 1.54) is 56.6 Å². The van der Waals surface area contributed by atoms with E-state index in [9.17, 15) is 0 Å². The Hall–Kier alpha value is -0.0831. The van der Waals surface area contributed by atoms with Crippen molar-refractivity contribution in [1.82, 2.24) is 4.90 Å². The third kappa shape index (κ3) is 9.60. The van der Waals surface area contributed by atoms with Crippen molar-refractivity contribution in [2.45, 2.75) is 65.2 Å². The van der Waals surface area contributed by atoms with Crippen LogP contribution in [0.1, 0.15) is 40.0 Å². The molecule has 0 aliphatic rings. The molecule has 0 heterocycles. The minimum atomic E-state index is -1.01. The summed E-state index contributed by atoms with van der Waals surface area (Å²) in [4.78, 5) is 2.63. The summed E-state index contributed by atoms with van der Waals surface area (Å²) in [6, 6.07) is 2.75. The van der Waals surface area contributed by atoms with Crippen LogP contribution >= 0.6 is 0 Å². The highest BCUT2D eigenvalue weighted by Gasteiger charge is 2.20. The van der Waals surface area contributed by atoms with Crippen LogP contribution in [0.3, 0.4) is 0 Å². The Morgan fingerprint density at radius 3 is 2.00 bits per heavy atom. The van der Waals surface area contributed by atoms with Crippen LogP contribution in [0.5, 0.6) is 0 Å². The second kappa shape index (κ2) is 8.93. The van der Waals surface area contributed by atoms with E-state index in [1.807, 2.05) is 0 Å². The van der Waals surface area contributed by atoms with Gasteiger partial charge >= 0.3 is 0 Å². The first-order valence-electron chi connectivity index (χ1n) is 7.28. The lowest BCUT2D eigenvalue weighted by atomic mass is 10.3. The normalized spacial score (nSPS) is 12.1. The van der Waals surface area contributed by atoms with Crippen molar-refractivity contribution in [2.24, 2.45) is 0 Å². The van der Waals surface area contributed by atoms with E-state index in [1.54, 1.807) is 0 Å². The summed E-state index contributed by atoms with van der Waals surface area (Å²) < 4.78 is 0. The van der Waals surface area contributed by atoms with Crippen LogP contribution < -0.4 is 0 Å². The van der Waals surface area contributed by atoms with Crippen molar-refractivity contribution < 1.29 is 0 Å². The summed E-state index contributed by atoms with van der Waals surface area (Å²) in [5, 5.41) is 0. The fourth-order valence-corrected chi connectivity index (χ4v) is 5.58. The van der Waals surface area contributed by atoms with E-state index in [-0.39, 0.29) is 0 Å². The molecule has 0 saturated heterocycles. The fraction of sp³-hybridized carbons (Fsp3) is 0.867. The number of nitrogens with zero attached hydrogens (tertiary/aromatic N) is 1. The number of allylic oxidation sites excluding steroid dienone is 1. The largest absolute Gasteiger partial charge is 0.303 e. The number of hydrogen-bond donors (Lipinski definition) is 0. The molecule has 0 unspecified atom stereocenters. The molecule has 0 aromatic rings. The Morgan fingerprint density at radius 2 is 1.59 bits per heavy atom. The Balaban J connectivity index is 3.89. The van der Waals surface area contributed by atoms with Crippen LogP contribution in [-0.2, 0) is 0 Å². The maximum Gasteiger partial charge on any atom is 0.0514 e. The molecule has 0 aromatic carbocycles. The Bertz CT molecular complexity index is 205. The van der Waals surface area contributed by atoms with E-state index >= 15 is 0 Å². The standard InChI is InChI=1S/C15H33NSi/c1-7-10-16(11-8-2)12-9-13-17(5,6)14-15(3)4/h3,7-14H2,1-2,4-6H3. The van der Waals surface area contributed by atoms with Gasteiger partial charge in [0.05, 0.1) is 8.07 Å². The molecule has 0 N–H and O–H groups in total. The first-order valence-corrected chi connectivity index (χ1v) is 10.7. The van der Waals surface area contributed by atoms with E-state index in [0.29, 0.717) is 0 Å². The van der Waals surface area contributed by atoms with Gasteiger partial charge in [0.2, 0.25) is 0 Å². The third-order valence-electron chi connectivity index (χ3n) is 3.19. The Morgan fingerprint density at radius 1 is 1.06 bits per heavy atom. The second-order valence-corrected chi connectivity index (χ2v) is 11.4. The average molecular weight is 256 g/mol. The lowest BCUT2D eigenvalue weighted by molar-refractivity contribution is 0.275. The van der Waals surface area contributed by atoms with Gasteiger partial charge in [0.25, 0.3) is 0 Å². The topological polar surface area (TPSA) is 3.24 Å². The Kier molecular flexibility index (Phi) is 8.88. The zero-order valence-corrected chi connectivity index (χ0v) is 13.8. The van der Waals surface area contributed by atoms with Gasteiger partial charge in [0.1, 0.15) is 0 Å². The molecule has 0 radical (unpaired) electrons. The zero-order valence-electron chi connectivity index (χ0n) is 12.8. The minimum Gasteiger partial charge on any atom is -0.303 e. The Labute approximate surface area is 110 Å². The molecule has 0 amide bonds. The van der Waals surface area contributed by atoms with Gasteiger partial charge in [0, 0.05) is 0 Å². The minimum absolute atomic E-state index is 1.01. The molecule has 0 aromatic heterocycles. The average Bonchev–Trinajstić information content (AvgIpc) is 2.15. The van der Waals surface area contributed by atoms with Gasteiger partial charge < -0.3 is 4.90 Å². The zero-order chi connectivity index (χ0) is 13.3. The van der Waals surface area contributed by atoms with Crippen LogP contribution in [-0.4, -0.2) is 32.6 Å². The van der Waals surface area contributed by atoms with Gasteiger partial charge in [0.15, 0.2) is 0 Å². The summed E-state index contributed by atoms with van der Waals surface area (Å²) in [6.07, 6.45) is 3.95. The van der Waals surface area contributed by atoms with Gasteiger partial charge in [-0.05, 0) is 51.9 Å². The van der Waals surface area contributed by atoms with Gasteiger partial charge in [-0.25, -0.2) is 0 Å². The van der Waals surface area contributed by atoms with E-state index in [2.05, 4.69) is 45.3 Å². The maximum absolute atomic E-state index is 4.07. The van der Waals surface area contributed by atoms with Crippen molar-refractivity contribution >= 4 is 8.07 Å². The molecular weight excluding hydrogens is 222 g/mol. The highest BCUT2D eigenvalue weighted by Crippen LogP contribution is 2.21. The molecule has 0 bridgehead atoms. The highest BCUT2D eigenvalue weighted by molar-refractivity contribution is 6.77. The maximum atomic E-state index is 4.07. The molecular formula is C15H33NSi. The SMILES string of the molecule is C=C(C)C[Si](C)(C)CCCN(CCC)CCC. The van der Waals surface area contributed by atoms with Gasteiger partial charge in [-0.1, -0.05) is 38.6 Å². The molecule has 0 atom stereocenters. The lowest BCUT2D eigenvalue weighted by Gasteiger charge is -2.25. The van der Waals surface area contributed by atoms with Crippen LogP contribution in [0, 0.1) is 0 Å². The summed E-state index contributed by atoms with van der Waals surface area (Å²) in [5.74, 6) is 0. The van der Waals surface area contributed by atoms with Gasteiger partial charge in [-0.15, -0.1) is 6.58 Å². The van der Waals surface area contributed by atoms with E-state index in [4.69, 9.17) is 0 Å². The molecule has 0 aliphatic carbocycles. The number of hydrogen-bond acceptors (Lipinski definition) is 1. The molecule has 0 fully saturated rings. The van der Waals surface area contributed by atoms with Crippen molar-refractivity contribution in [2.75, 3.05) is 19.6 Å². The van der Waals surface area contributed by atoms with Crippen LogP contribution in [0.15, 0.2) is 12.2 Å². The van der Waals surface area contributed by atoms with Gasteiger partial charge in [-0.2, -0.15) is 0 Å². The summed E-state index contributed by atoms with van der Waals surface area (Å²) in [7, 11) is -1.01. The smallest absolute Gasteiger partial charge is 0.0514 e. The third-order valence-corrected chi connectivity index (χ3v) is 6.46. The lowest BCUT2D eigenvalue weighted by Crippen LogP contribution is -2.30. The molecule has 0 saturated carbocycles. The molecule has 0 rings (SSSR count). The van der Waals surface area contributed by atoms with E-state index in [0.717, 1.165) is 0 Å². The van der Waals surface area contributed by atoms with Crippen molar-refractivity contribution in [3.05, 3.63) is 12.2 Å². The van der Waals surface area contributed by atoms with Crippen LogP contribution in [0.25, 0.3) is 0 Å². The summed E-state index contributed by atoms with van der Waals surface area (Å²) >= 11 is 0. The number of rotatable bonds is 10. The predicted octanol–water partition coefficient (Wildman–Crippen LogP) is 4.78. The first kappa shape index (κ1) is 16.9. The first-order chi connectivity index (χ1) is 7.91. The van der Waals surface area contributed by atoms with Crippen molar-refractivity contribution in [3.63, 3.8) is 0 Å².